The molecular weight excluding hydrogens is 254 g/mol. The highest BCUT2D eigenvalue weighted by Gasteiger charge is 2.20. The Morgan fingerprint density at radius 1 is 1.00 bits per heavy atom. The molecule has 2 aromatic rings. The average Bonchev–Trinajstić information content (AvgIpc) is 2.82. The molecule has 93 valence electrons. The largest absolute Gasteiger partial charge is 0.316 e. The van der Waals surface area contributed by atoms with E-state index in [0.717, 1.165) is 17.0 Å². The number of rotatable bonds is 3. The zero-order valence-electron chi connectivity index (χ0n) is 10.2. The number of benzene rings is 1. The molecule has 3 nitrogen and oxygen atoms in total. The second-order valence-electron chi connectivity index (χ2n) is 4.22. The summed E-state index contributed by atoms with van der Waals surface area (Å²) < 4.78 is 0. The van der Waals surface area contributed by atoms with Crippen molar-refractivity contribution in [1.29, 1.82) is 0 Å². The molecule has 1 aromatic heterocycles. The molecule has 1 aliphatic rings. The Hall–Kier alpha value is -2.20. The standard InChI is InChI=1S/C15H12N3S/c19-15-17-14(12-6-2-1-3-7-12)11-18(15)10-13-8-4-5-9-16-13/h1-9,11H,10H2. The smallest absolute Gasteiger partial charge is 0.200 e. The maximum atomic E-state index is 5.30. The second-order valence-corrected chi connectivity index (χ2v) is 4.59. The van der Waals surface area contributed by atoms with E-state index in [1.165, 1.54) is 0 Å². The van der Waals surface area contributed by atoms with Crippen LogP contribution in [0.2, 0.25) is 0 Å². The van der Waals surface area contributed by atoms with Crippen molar-refractivity contribution in [3.8, 4) is 0 Å². The van der Waals surface area contributed by atoms with E-state index < -0.39 is 0 Å². The first-order valence-electron chi connectivity index (χ1n) is 6.02. The van der Waals surface area contributed by atoms with Gasteiger partial charge in [0.1, 0.15) is 0 Å². The highest BCUT2D eigenvalue weighted by atomic mass is 32.1. The van der Waals surface area contributed by atoms with E-state index >= 15 is 0 Å². The van der Waals surface area contributed by atoms with Gasteiger partial charge in [0.25, 0.3) is 0 Å². The van der Waals surface area contributed by atoms with Crippen LogP contribution < -0.4 is 5.32 Å². The maximum Gasteiger partial charge on any atom is 0.200 e. The van der Waals surface area contributed by atoms with Crippen LogP contribution in [0.15, 0.2) is 60.9 Å². The predicted octanol–water partition coefficient (Wildman–Crippen LogP) is 2.79. The van der Waals surface area contributed by atoms with Gasteiger partial charge in [0.15, 0.2) is 0 Å². The minimum Gasteiger partial charge on any atom is -0.316 e. The van der Waals surface area contributed by atoms with Crippen molar-refractivity contribution in [3.63, 3.8) is 0 Å². The van der Waals surface area contributed by atoms with Crippen molar-refractivity contribution >= 4 is 23.0 Å². The highest BCUT2D eigenvalue weighted by Crippen LogP contribution is 2.20. The van der Waals surface area contributed by atoms with Crippen LogP contribution >= 0.6 is 12.2 Å². The summed E-state index contributed by atoms with van der Waals surface area (Å²) in [6, 6.07) is 15.9. The normalized spacial score (nSPS) is 14.2. The average molecular weight is 266 g/mol. The number of hydrogen-bond donors (Lipinski definition) is 0. The fourth-order valence-electron chi connectivity index (χ4n) is 1.93. The minimum absolute atomic E-state index is 0.588. The monoisotopic (exact) mass is 266 g/mol. The molecule has 4 heteroatoms. The second kappa shape index (κ2) is 5.20. The predicted molar refractivity (Wildman–Crippen MR) is 78.9 cm³/mol. The lowest BCUT2D eigenvalue weighted by Gasteiger charge is -2.12. The number of nitrogens with zero attached hydrogens (tertiary/aromatic N) is 3. The van der Waals surface area contributed by atoms with Gasteiger partial charge in [0, 0.05) is 18.0 Å². The first kappa shape index (κ1) is 11.9. The molecule has 0 atom stereocenters. The fraction of sp³-hybridized carbons (Fsp3) is 0.0667. The van der Waals surface area contributed by atoms with Gasteiger partial charge in [0.2, 0.25) is 5.11 Å². The van der Waals surface area contributed by atoms with Crippen LogP contribution in [0.5, 0.6) is 0 Å². The molecule has 0 bridgehead atoms. The van der Waals surface area contributed by atoms with Gasteiger partial charge in [-0.15, -0.1) is 0 Å². The van der Waals surface area contributed by atoms with Crippen LogP contribution in [0.25, 0.3) is 5.70 Å². The summed E-state index contributed by atoms with van der Waals surface area (Å²) in [5, 5.41) is 5.01. The molecule has 0 aliphatic carbocycles. The molecule has 0 N–H and O–H groups in total. The van der Waals surface area contributed by atoms with Gasteiger partial charge in [-0.25, -0.2) is 5.32 Å². The summed E-state index contributed by atoms with van der Waals surface area (Å²) in [5.74, 6) is 0. The number of aromatic nitrogens is 1. The van der Waals surface area contributed by atoms with Crippen molar-refractivity contribution < 1.29 is 0 Å². The lowest BCUT2D eigenvalue weighted by atomic mass is 10.2. The molecule has 1 radical (unpaired) electrons. The van der Waals surface area contributed by atoms with Crippen LogP contribution in [0.3, 0.4) is 0 Å². The van der Waals surface area contributed by atoms with Gasteiger partial charge in [-0.1, -0.05) is 36.4 Å². The fourth-order valence-corrected chi connectivity index (χ4v) is 2.14. The molecule has 0 fully saturated rings. The van der Waals surface area contributed by atoms with Gasteiger partial charge in [-0.2, -0.15) is 0 Å². The van der Waals surface area contributed by atoms with Crippen molar-refractivity contribution in [2.75, 3.05) is 0 Å². The van der Waals surface area contributed by atoms with Crippen LogP contribution in [-0.2, 0) is 6.54 Å². The van der Waals surface area contributed by atoms with Gasteiger partial charge in [0.05, 0.1) is 17.9 Å². The van der Waals surface area contributed by atoms with Crippen LogP contribution in [0, 0.1) is 0 Å². The van der Waals surface area contributed by atoms with Crippen LogP contribution in [0.1, 0.15) is 11.3 Å². The van der Waals surface area contributed by atoms with Crippen LogP contribution in [-0.4, -0.2) is 15.0 Å². The molecule has 0 unspecified atom stereocenters. The molecule has 19 heavy (non-hydrogen) atoms. The maximum absolute atomic E-state index is 5.30. The molecule has 1 aliphatic heterocycles. The highest BCUT2D eigenvalue weighted by molar-refractivity contribution is 7.80. The van der Waals surface area contributed by atoms with E-state index in [4.69, 9.17) is 12.2 Å². The molecule has 2 heterocycles. The molecule has 1 aromatic carbocycles. The Labute approximate surface area is 117 Å². The summed E-state index contributed by atoms with van der Waals surface area (Å²) in [7, 11) is 0. The van der Waals surface area contributed by atoms with E-state index in [2.05, 4.69) is 10.3 Å². The van der Waals surface area contributed by atoms with E-state index in [9.17, 15) is 0 Å². The Balaban J connectivity index is 1.80. The van der Waals surface area contributed by atoms with Crippen molar-refractivity contribution in [2.45, 2.75) is 6.54 Å². The van der Waals surface area contributed by atoms with E-state index in [1.807, 2.05) is 59.6 Å². The van der Waals surface area contributed by atoms with Crippen molar-refractivity contribution in [1.82, 2.24) is 15.2 Å². The van der Waals surface area contributed by atoms with Crippen molar-refractivity contribution in [3.05, 3.63) is 72.2 Å². The SMILES string of the molecule is S=C1[N]C(c2ccccc2)=CN1Cc1ccccn1. The summed E-state index contributed by atoms with van der Waals surface area (Å²) in [6.45, 7) is 0.652. The van der Waals surface area contributed by atoms with E-state index in [-0.39, 0.29) is 0 Å². The Morgan fingerprint density at radius 2 is 1.79 bits per heavy atom. The zero-order chi connectivity index (χ0) is 13.1. The summed E-state index contributed by atoms with van der Waals surface area (Å²) >= 11 is 5.30. The lowest BCUT2D eigenvalue weighted by Crippen LogP contribution is -2.23. The van der Waals surface area contributed by atoms with Gasteiger partial charge in [-0.05, 0) is 24.4 Å². The van der Waals surface area contributed by atoms with Gasteiger partial charge in [-0.3, -0.25) is 4.98 Å². The molecule has 3 rings (SSSR count). The Bertz CT molecular complexity index is 608. The first-order chi connectivity index (χ1) is 9.33. The summed E-state index contributed by atoms with van der Waals surface area (Å²) in [6.07, 6.45) is 3.76. The topological polar surface area (TPSA) is 30.2 Å². The molecule has 0 amide bonds. The number of hydrogen-bond acceptors (Lipinski definition) is 2. The van der Waals surface area contributed by atoms with E-state index in [0.29, 0.717) is 11.7 Å². The number of thiocarbonyl (C=S) groups is 1. The first-order valence-corrected chi connectivity index (χ1v) is 6.43. The third-order valence-corrected chi connectivity index (χ3v) is 3.19. The van der Waals surface area contributed by atoms with Gasteiger partial charge >= 0.3 is 0 Å². The third-order valence-electron chi connectivity index (χ3n) is 2.87. The third kappa shape index (κ3) is 2.63. The summed E-state index contributed by atoms with van der Waals surface area (Å²) in [4.78, 5) is 6.25. The quantitative estimate of drug-likeness (QED) is 0.800. The number of pyridine rings is 1. The molecule has 0 spiro atoms. The molecule has 0 saturated heterocycles. The Morgan fingerprint density at radius 3 is 2.53 bits per heavy atom. The minimum atomic E-state index is 0.588. The van der Waals surface area contributed by atoms with Gasteiger partial charge < -0.3 is 4.90 Å². The molecule has 0 saturated carbocycles. The lowest BCUT2D eigenvalue weighted by molar-refractivity contribution is 0.556. The summed E-state index contributed by atoms with van der Waals surface area (Å²) in [5.41, 5.74) is 2.96. The van der Waals surface area contributed by atoms with Crippen molar-refractivity contribution in [2.24, 2.45) is 0 Å². The van der Waals surface area contributed by atoms with E-state index in [1.54, 1.807) is 6.20 Å². The zero-order valence-corrected chi connectivity index (χ0v) is 11.0. The Kier molecular flexibility index (Phi) is 3.25. The molecular formula is C15H12N3S. The van der Waals surface area contributed by atoms with Crippen LogP contribution in [0.4, 0.5) is 0 Å².